The molecule has 3 aromatic heterocycles. The molecule has 8 nitrogen and oxygen atoms in total. The highest BCUT2D eigenvalue weighted by Gasteiger charge is 2.24. The number of hydrogen-bond donors (Lipinski definition) is 0. The Bertz CT molecular complexity index is 1950. The van der Waals surface area contributed by atoms with Gasteiger partial charge in [-0.15, -0.1) is 11.3 Å². The Kier molecular flexibility index (Phi) is 8.36. The fourth-order valence-corrected chi connectivity index (χ4v) is 6.65. The summed E-state index contributed by atoms with van der Waals surface area (Å²) in [5, 5.41) is 11.9. The minimum Gasteiger partial charge on any atom is -0.368 e. The average Bonchev–Trinajstić information content (AvgIpc) is 3.67. The lowest BCUT2D eigenvalue weighted by atomic mass is 10.0. The van der Waals surface area contributed by atoms with Gasteiger partial charge in [0, 0.05) is 68.5 Å². The first-order valence-electron chi connectivity index (χ1n) is 14.8. The number of likely N-dealkylation sites (N-methyl/N-ethyl adjacent to an activating group) is 1. The van der Waals surface area contributed by atoms with Crippen molar-refractivity contribution >= 4 is 28.6 Å². The Morgan fingerprint density at radius 1 is 1.02 bits per heavy atom. The number of amides is 1. The molecule has 4 heterocycles. The van der Waals surface area contributed by atoms with Crippen LogP contribution in [0, 0.1) is 29.9 Å². The number of rotatable bonds is 7. The zero-order valence-electron chi connectivity index (χ0n) is 25.6. The van der Waals surface area contributed by atoms with Gasteiger partial charge in [0.1, 0.15) is 22.3 Å². The molecule has 0 bridgehead atoms. The lowest BCUT2D eigenvalue weighted by Crippen LogP contribution is -2.49. The van der Waals surface area contributed by atoms with Crippen LogP contribution in [0.3, 0.4) is 0 Å². The first-order chi connectivity index (χ1) is 21.7. The first kappa shape index (κ1) is 30.4. The van der Waals surface area contributed by atoms with Crippen molar-refractivity contribution < 1.29 is 13.6 Å². The standard InChI is InChI=1S/C34H33F2N7OS/c1-5-28-33(43-18-24(7-11-30(43)38-28)42-14-12-41(13-15-42)19-31(44)40(3)4)27-10-9-25(21(2)32(27)36)34-39-29(20-45-34)26-8-6-23(35)16-22(26)17-37/h6-11,16,18,20H,5,12-15,19H2,1-4H3. The van der Waals surface area contributed by atoms with Crippen molar-refractivity contribution in [1.82, 2.24) is 24.2 Å². The first-order valence-corrected chi connectivity index (χ1v) is 15.7. The molecule has 0 spiro atoms. The number of fused-ring (bicyclic) bond motifs is 1. The highest BCUT2D eigenvalue weighted by atomic mass is 32.1. The average molecular weight is 626 g/mol. The quantitative estimate of drug-likeness (QED) is 0.220. The third-order valence-electron chi connectivity index (χ3n) is 8.36. The van der Waals surface area contributed by atoms with Crippen molar-refractivity contribution in [2.45, 2.75) is 20.3 Å². The summed E-state index contributed by atoms with van der Waals surface area (Å²) in [6.07, 6.45) is 2.67. The van der Waals surface area contributed by atoms with Crippen LogP contribution < -0.4 is 4.90 Å². The van der Waals surface area contributed by atoms with Gasteiger partial charge in [0.2, 0.25) is 5.91 Å². The van der Waals surface area contributed by atoms with E-state index in [2.05, 4.69) is 15.9 Å². The molecule has 0 atom stereocenters. The molecule has 1 aliphatic rings. The molecular formula is C34H33F2N7OS. The molecule has 6 rings (SSSR count). The molecule has 1 saturated heterocycles. The minimum atomic E-state index is -0.485. The fraction of sp³-hybridized carbons (Fsp3) is 0.294. The van der Waals surface area contributed by atoms with E-state index >= 15 is 4.39 Å². The number of nitrogens with zero attached hydrogens (tertiary/aromatic N) is 7. The van der Waals surface area contributed by atoms with E-state index in [4.69, 9.17) is 9.97 Å². The highest BCUT2D eigenvalue weighted by Crippen LogP contribution is 2.37. The fourth-order valence-electron chi connectivity index (χ4n) is 5.75. The summed E-state index contributed by atoms with van der Waals surface area (Å²) in [5.41, 5.74) is 6.16. The normalized spacial score (nSPS) is 13.8. The minimum absolute atomic E-state index is 0.0969. The zero-order valence-corrected chi connectivity index (χ0v) is 26.5. The van der Waals surface area contributed by atoms with Gasteiger partial charge in [-0.05, 0) is 55.3 Å². The molecule has 1 aliphatic heterocycles. The highest BCUT2D eigenvalue weighted by molar-refractivity contribution is 7.13. The van der Waals surface area contributed by atoms with Crippen molar-refractivity contribution in [3.05, 3.63) is 82.5 Å². The molecular weight excluding hydrogens is 592 g/mol. The number of thiazole rings is 1. The number of anilines is 1. The predicted molar refractivity (Wildman–Crippen MR) is 173 cm³/mol. The molecule has 1 fully saturated rings. The van der Waals surface area contributed by atoms with Crippen LogP contribution in [0.2, 0.25) is 0 Å². The molecule has 45 heavy (non-hydrogen) atoms. The van der Waals surface area contributed by atoms with E-state index in [-0.39, 0.29) is 17.3 Å². The SMILES string of the molecule is CCc1nc2ccc(N3CCN(CC(=O)N(C)C)CC3)cn2c1-c1ccc(-c2nc(-c3ccc(F)cc3C#N)cs2)c(C)c1F. The van der Waals surface area contributed by atoms with E-state index in [1.807, 2.05) is 35.7 Å². The Morgan fingerprint density at radius 2 is 1.76 bits per heavy atom. The summed E-state index contributed by atoms with van der Waals surface area (Å²) in [5.74, 6) is -0.731. The molecule has 0 unspecified atom stereocenters. The third-order valence-corrected chi connectivity index (χ3v) is 9.23. The van der Waals surface area contributed by atoms with E-state index < -0.39 is 5.82 Å². The number of pyridine rings is 1. The van der Waals surface area contributed by atoms with Crippen molar-refractivity contribution in [1.29, 1.82) is 5.26 Å². The van der Waals surface area contributed by atoms with Gasteiger partial charge < -0.3 is 9.80 Å². The van der Waals surface area contributed by atoms with E-state index in [1.165, 1.54) is 23.5 Å². The molecule has 0 radical (unpaired) electrons. The predicted octanol–water partition coefficient (Wildman–Crippen LogP) is 6.02. The summed E-state index contributed by atoms with van der Waals surface area (Å²) in [6.45, 7) is 7.29. The Labute approximate surface area is 264 Å². The van der Waals surface area contributed by atoms with Crippen LogP contribution in [-0.4, -0.2) is 76.9 Å². The molecule has 5 aromatic rings. The van der Waals surface area contributed by atoms with Crippen LogP contribution in [0.1, 0.15) is 23.7 Å². The number of piperazine rings is 1. The number of benzene rings is 2. The molecule has 1 amide bonds. The van der Waals surface area contributed by atoms with Crippen LogP contribution in [0.4, 0.5) is 14.5 Å². The summed E-state index contributed by atoms with van der Waals surface area (Å²) < 4.78 is 32.0. The topological polar surface area (TPSA) is 80.8 Å². The Hall–Kier alpha value is -4.66. The monoisotopic (exact) mass is 625 g/mol. The van der Waals surface area contributed by atoms with Crippen LogP contribution in [0.15, 0.2) is 54.0 Å². The number of imidazole rings is 1. The van der Waals surface area contributed by atoms with E-state index in [0.717, 1.165) is 48.9 Å². The van der Waals surface area contributed by atoms with Crippen molar-refractivity contribution in [3.8, 4) is 39.2 Å². The summed E-state index contributed by atoms with van der Waals surface area (Å²) in [4.78, 5) is 27.8. The van der Waals surface area contributed by atoms with E-state index in [1.54, 1.807) is 43.4 Å². The lowest BCUT2D eigenvalue weighted by Gasteiger charge is -2.36. The summed E-state index contributed by atoms with van der Waals surface area (Å²) in [6, 6.07) is 13.7. The number of aryl methyl sites for hydroxylation is 1. The van der Waals surface area contributed by atoms with Crippen molar-refractivity contribution in [2.24, 2.45) is 0 Å². The van der Waals surface area contributed by atoms with E-state index in [9.17, 15) is 14.4 Å². The van der Waals surface area contributed by atoms with Gasteiger partial charge in [-0.25, -0.2) is 18.7 Å². The summed E-state index contributed by atoms with van der Waals surface area (Å²) >= 11 is 1.35. The third kappa shape index (κ3) is 5.79. The van der Waals surface area contributed by atoms with Crippen LogP contribution in [-0.2, 0) is 11.2 Å². The van der Waals surface area contributed by atoms with Gasteiger partial charge in [0.05, 0.1) is 40.9 Å². The molecule has 11 heteroatoms. The molecule has 230 valence electrons. The smallest absolute Gasteiger partial charge is 0.236 e. The number of carbonyl (C=O) groups excluding carboxylic acids is 1. The summed E-state index contributed by atoms with van der Waals surface area (Å²) in [7, 11) is 3.55. The van der Waals surface area contributed by atoms with Gasteiger partial charge in [0.25, 0.3) is 0 Å². The second-order valence-corrected chi connectivity index (χ2v) is 12.2. The van der Waals surface area contributed by atoms with E-state index in [0.29, 0.717) is 45.9 Å². The van der Waals surface area contributed by atoms with Crippen LogP contribution >= 0.6 is 11.3 Å². The van der Waals surface area contributed by atoms with Crippen LogP contribution in [0.25, 0.3) is 38.7 Å². The molecule has 0 N–H and O–H groups in total. The number of hydrogen-bond acceptors (Lipinski definition) is 7. The number of aromatic nitrogens is 3. The number of halogens is 2. The van der Waals surface area contributed by atoms with Gasteiger partial charge in [-0.1, -0.05) is 13.0 Å². The van der Waals surface area contributed by atoms with Gasteiger partial charge >= 0.3 is 0 Å². The van der Waals surface area contributed by atoms with Gasteiger partial charge in [-0.3, -0.25) is 14.1 Å². The zero-order chi connectivity index (χ0) is 31.8. The van der Waals surface area contributed by atoms with Crippen LogP contribution in [0.5, 0.6) is 0 Å². The molecule has 2 aromatic carbocycles. The van der Waals surface area contributed by atoms with Gasteiger partial charge in [-0.2, -0.15) is 5.26 Å². The Balaban J connectivity index is 1.31. The molecule has 0 aliphatic carbocycles. The number of nitriles is 1. The molecule has 0 saturated carbocycles. The maximum atomic E-state index is 16.3. The lowest BCUT2D eigenvalue weighted by molar-refractivity contribution is -0.129. The second-order valence-electron chi connectivity index (χ2n) is 11.4. The number of carbonyl (C=O) groups is 1. The van der Waals surface area contributed by atoms with Crippen molar-refractivity contribution in [2.75, 3.05) is 51.7 Å². The maximum Gasteiger partial charge on any atom is 0.236 e. The van der Waals surface area contributed by atoms with Crippen molar-refractivity contribution in [3.63, 3.8) is 0 Å². The maximum absolute atomic E-state index is 16.3. The Morgan fingerprint density at radius 3 is 2.47 bits per heavy atom. The second kappa shape index (κ2) is 12.4. The largest absolute Gasteiger partial charge is 0.368 e. The van der Waals surface area contributed by atoms with Gasteiger partial charge in [0.15, 0.2) is 0 Å².